The Morgan fingerprint density at radius 3 is 2.65 bits per heavy atom. The van der Waals surface area contributed by atoms with Crippen molar-refractivity contribution in [2.24, 2.45) is 0 Å². The van der Waals surface area contributed by atoms with Gasteiger partial charge in [-0.25, -0.2) is 4.98 Å². The molecule has 0 saturated heterocycles. The van der Waals surface area contributed by atoms with Gasteiger partial charge in [0.15, 0.2) is 4.96 Å². The predicted octanol–water partition coefficient (Wildman–Crippen LogP) is 2.54. The molecule has 0 radical (unpaired) electrons. The van der Waals surface area contributed by atoms with Gasteiger partial charge in [0.25, 0.3) is 0 Å². The van der Waals surface area contributed by atoms with Crippen LogP contribution in [-0.2, 0) is 13.0 Å². The molecule has 0 aliphatic rings. The van der Waals surface area contributed by atoms with Gasteiger partial charge >= 0.3 is 0 Å². The molecule has 0 aliphatic heterocycles. The van der Waals surface area contributed by atoms with Crippen LogP contribution in [-0.4, -0.2) is 28.6 Å². The lowest BCUT2D eigenvalue weighted by Gasteiger charge is -2.12. The second-order valence-corrected chi connectivity index (χ2v) is 6.09. The van der Waals surface area contributed by atoms with Crippen LogP contribution in [0.4, 0.5) is 5.69 Å². The van der Waals surface area contributed by atoms with Crippen molar-refractivity contribution in [3.8, 4) is 0 Å². The van der Waals surface area contributed by atoms with E-state index in [0.29, 0.717) is 0 Å². The highest BCUT2D eigenvalue weighted by molar-refractivity contribution is 7.17. The number of rotatable bonds is 4. The zero-order valence-corrected chi connectivity index (χ0v) is 12.4. The van der Waals surface area contributed by atoms with Crippen LogP contribution in [0.2, 0.25) is 0 Å². The van der Waals surface area contributed by atoms with Crippen LogP contribution < -0.4 is 4.90 Å². The number of aliphatic hydroxyl groups is 1. The van der Waals surface area contributed by atoms with Gasteiger partial charge in [-0.15, -0.1) is 11.3 Å². The summed E-state index contributed by atoms with van der Waals surface area (Å²) in [5, 5.41) is 9.25. The summed E-state index contributed by atoms with van der Waals surface area (Å²) in [6.45, 7) is 0.0227. The summed E-state index contributed by atoms with van der Waals surface area (Å²) in [7, 11) is 4.08. The lowest BCUT2D eigenvalue weighted by atomic mass is 10.1. The van der Waals surface area contributed by atoms with Crippen molar-refractivity contribution in [2.75, 3.05) is 19.0 Å². The van der Waals surface area contributed by atoms with Gasteiger partial charge in [-0.3, -0.25) is 4.40 Å². The van der Waals surface area contributed by atoms with Crippen LogP contribution in [0.3, 0.4) is 0 Å². The summed E-state index contributed by atoms with van der Waals surface area (Å²) in [5.74, 6) is 0. The Morgan fingerprint density at radius 1 is 1.25 bits per heavy atom. The minimum absolute atomic E-state index is 0.0227. The molecule has 0 fully saturated rings. The minimum Gasteiger partial charge on any atom is -0.390 e. The van der Waals surface area contributed by atoms with Crippen molar-refractivity contribution < 1.29 is 5.11 Å². The van der Waals surface area contributed by atoms with Crippen LogP contribution in [0, 0.1) is 0 Å². The molecule has 0 amide bonds. The normalized spacial score (nSPS) is 11.2. The van der Waals surface area contributed by atoms with Gasteiger partial charge in [0.05, 0.1) is 18.5 Å². The van der Waals surface area contributed by atoms with Gasteiger partial charge in [-0.2, -0.15) is 0 Å². The van der Waals surface area contributed by atoms with Crippen LogP contribution >= 0.6 is 11.3 Å². The van der Waals surface area contributed by atoms with E-state index in [1.165, 1.54) is 16.1 Å². The number of aromatic nitrogens is 2. The highest BCUT2D eigenvalue weighted by Crippen LogP contribution is 2.22. The quantitative estimate of drug-likeness (QED) is 0.801. The molecule has 0 saturated carbocycles. The SMILES string of the molecule is CN(C)c1ccc(Cc2cn3c(CO)cnc3s2)cc1. The largest absolute Gasteiger partial charge is 0.390 e. The monoisotopic (exact) mass is 287 g/mol. The maximum Gasteiger partial charge on any atom is 0.194 e. The number of fused-ring (bicyclic) bond motifs is 1. The van der Waals surface area contributed by atoms with E-state index >= 15 is 0 Å². The molecule has 104 valence electrons. The molecule has 1 aromatic carbocycles. The lowest BCUT2D eigenvalue weighted by molar-refractivity contribution is 0.276. The van der Waals surface area contributed by atoms with E-state index < -0.39 is 0 Å². The molecule has 0 spiro atoms. The summed E-state index contributed by atoms with van der Waals surface area (Å²) < 4.78 is 1.97. The number of imidazole rings is 1. The molecular weight excluding hydrogens is 270 g/mol. The molecule has 0 aliphatic carbocycles. The first-order valence-corrected chi connectivity index (χ1v) is 7.31. The Labute approximate surface area is 121 Å². The van der Waals surface area contributed by atoms with Gasteiger partial charge in [-0.1, -0.05) is 12.1 Å². The fourth-order valence-corrected chi connectivity index (χ4v) is 3.20. The van der Waals surface area contributed by atoms with Crippen molar-refractivity contribution in [1.29, 1.82) is 0 Å². The third-order valence-corrected chi connectivity index (χ3v) is 4.32. The lowest BCUT2D eigenvalue weighted by Crippen LogP contribution is -2.08. The maximum absolute atomic E-state index is 9.25. The summed E-state index contributed by atoms with van der Waals surface area (Å²) >= 11 is 1.67. The first kappa shape index (κ1) is 13.1. The van der Waals surface area contributed by atoms with Gasteiger partial charge in [0.1, 0.15) is 0 Å². The van der Waals surface area contributed by atoms with Crippen molar-refractivity contribution >= 4 is 22.0 Å². The summed E-state index contributed by atoms with van der Waals surface area (Å²) in [6.07, 6.45) is 4.69. The van der Waals surface area contributed by atoms with Crippen molar-refractivity contribution in [2.45, 2.75) is 13.0 Å². The highest BCUT2D eigenvalue weighted by atomic mass is 32.1. The Hall–Kier alpha value is -1.85. The van der Waals surface area contributed by atoms with Crippen LogP contribution in [0.5, 0.6) is 0 Å². The van der Waals surface area contributed by atoms with E-state index in [0.717, 1.165) is 17.1 Å². The number of aliphatic hydroxyl groups excluding tert-OH is 1. The van der Waals surface area contributed by atoms with Crippen molar-refractivity contribution in [3.05, 3.63) is 52.8 Å². The van der Waals surface area contributed by atoms with Crippen LogP contribution in [0.25, 0.3) is 4.96 Å². The molecular formula is C15H17N3OS. The van der Waals surface area contributed by atoms with E-state index in [9.17, 15) is 5.11 Å². The van der Waals surface area contributed by atoms with Gasteiger partial charge < -0.3 is 10.0 Å². The molecule has 1 N–H and O–H groups in total. The molecule has 0 unspecified atom stereocenters. The number of thiazole rings is 1. The van der Waals surface area contributed by atoms with Crippen LogP contribution in [0.1, 0.15) is 16.1 Å². The fraction of sp³-hybridized carbons (Fsp3) is 0.267. The second kappa shape index (κ2) is 5.26. The number of hydrogen-bond acceptors (Lipinski definition) is 4. The molecule has 5 heteroatoms. The second-order valence-electron chi connectivity index (χ2n) is 5.00. The van der Waals surface area contributed by atoms with E-state index in [2.05, 4.69) is 40.3 Å². The maximum atomic E-state index is 9.25. The summed E-state index contributed by atoms with van der Waals surface area (Å²) in [6, 6.07) is 8.58. The van der Waals surface area contributed by atoms with E-state index in [1.54, 1.807) is 17.5 Å². The van der Waals surface area contributed by atoms with Crippen LogP contribution in [0.15, 0.2) is 36.7 Å². The first-order chi connectivity index (χ1) is 9.67. The fourth-order valence-electron chi connectivity index (χ4n) is 2.19. The standard InChI is InChI=1S/C15H17N3OS/c1-17(2)12-5-3-11(4-6-12)7-14-9-18-13(10-19)8-16-15(18)20-14/h3-6,8-9,19H,7,10H2,1-2H3. The average Bonchev–Trinajstić information content (AvgIpc) is 2.98. The van der Waals surface area contributed by atoms with E-state index in [4.69, 9.17) is 0 Å². The van der Waals surface area contributed by atoms with E-state index in [1.807, 2.05) is 18.5 Å². The Morgan fingerprint density at radius 2 is 2.00 bits per heavy atom. The zero-order valence-electron chi connectivity index (χ0n) is 11.6. The third kappa shape index (κ3) is 2.42. The molecule has 2 aromatic heterocycles. The van der Waals surface area contributed by atoms with Gasteiger partial charge in [0, 0.05) is 37.3 Å². The summed E-state index contributed by atoms with van der Waals surface area (Å²) in [5.41, 5.74) is 3.33. The number of nitrogens with zero attached hydrogens (tertiary/aromatic N) is 3. The van der Waals surface area contributed by atoms with Crippen molar-refractivity contribution in [1.82, 2.24) is 9.38 Å². The Bertz CT molecular complexity index is 712. The molecule has 0 atom stereocenters. The summed E-state index contributed by atoms with van der Waals surface area (Å²) in [4.78, 5) is 8.59. The Balaban J connectivity index is 1.83. The first-order valence-electron chi connectivity index (χ1n) is 6.49. The zero-order chi connectivity index (χ0) is 14.1. The average molecular weight is 287 g/mol. The van der Waals surface area contributed by atoms with Crippen molar-refractivity contribution in [3.63, 3.8) is 0 Å². The number of anilines is 1. The smallest absolute Gasteiger partial charge is 0.194 e. The van der Waals surface area contributed by atoms with Gasteiger partial charge in [-0.05, 0) is 17.7 Å². The Kier molecular flexibility index (Phi) is 3.46. The highest BCUT2D eigenvalue weighted by Gasteiger charge is 2.08. The predicted molar refractivity (Wildman–Crippen MR) is 82.6 cm³/mol. The number of benzene rings is 1. The molecule has 3 aromatic rings. The topological polar surface area (TPSA) is 40.8 Å². The third-order valence-electron chi connectivity index (χ3n) is 3.33. The minimum atomic E-state index is 0.0227. The molecule has 3 rings (SSSR count). The molecule has 4 nitrogen and oxygen atoms in total. The number of hydrogen-bond donors (Lipinski definition) is 1. The molecule has 2 heterocycles. The van der Waals surface area contributed by atoms with Gasteiger partial charge in [0.2, 0.25) is 0 Å². The van der Waals surface area contributed by atoms with E-state index in [-0.39, 0.29) is 6.61 Å². The molecule has 20 heavy (non-hydrogen) atoms. The molecule has 0 bridgehead atoms.